The molecule has 0 unspecified atom stereocenters. The summed E-state index contributed by atoms with van der Waals surface area (Å²) in [6.45, 7) is 2.04. The third-order valence-corrected chi connectivity index (χ3v) is 5.04. The molecule has 0 bridgehead atoms. The zero-order valence-electron chi connectivity index (χ0n) is 17.4. The highest BCUT2D eigenvalue weighted by molar-refractivity contribution is 5.94. The van der Waals surface area contributed by atoms with Crippen LogP contribution >= 0.6 is 0 Å². The second kappa shape index (κ2) is 9.91. The fourth-order valence-corrected chi connectivity index (χ4v) is 3.40. The number of amides is 1. The summed E-state index contributed by atoms with van der Waals surface area (Å²) in [7, 11) is 3.06. The van der Waals surface area contributed by atoms with Gasteiger partial charge in [-0.3, -0.25) is 4.79 Å². The predicted molar refractivity (Wildman–Crippen MR) is 111 cm³/mol. The Hall–Kier alpha value is -2.94. The minimum absolute atomic E-state index is 0.105. The molecule has 3 rings (SSSR count). The number of hydrogen-bond acceptors (Lipinski definition) is 5. The number of aryl methyl sites for hydroxylation is 1. The molecule has 1 N–H and O–H groups in total. The number of ether oxygens (including phenoxy) is 3. The van der Waals surface area contributed by atoms with Crippen LogP contribution in [0.15, 0.2) is 36.4 Å². The number of hydrogen-bond donors (Lipinski definition) is 1. The van der Waals surface area contributed by atoms with E-state index in [-0.39, 0.29) is 18.0 Å². The van der Waals surface area contributed by atoms with Gasteiger partial charge in [-0.1, -0.05) is 6.07 Å². The number of carbonyl (C=O) groups is 1. The summed E-state index contributed by atoms with van der Waals surface area (Å²) in [5.41, 5.74) is 0.745. The van der Waals surface area contributed by atoms with E-state index in [2.05, 4.69) is 5.32 Å². The first kappa shape index (κ1) is 22.7. The number of carbonyl (C=O) groups excluding carboxylic acids is 1. The van der Waals surface area contributed by atoms with Crippen LogP contribution in [0.5, 0.6) is 11.5 Å². The SMILES string of the molecule is COc1ccc(CCC(=O)Nc2cc(C(F)(F)F)ccc2N2CCOCC2)cc1OC. The maximum Gasteiger partial charge on any atom is 0.416 e. The third-order valence-electron chi connectivity index (χ3n) is 5.04. The lowest BCUT2D eigenvalue weighted by Crippen LogP contribution is -2.36. The molecule has 31 heavy (non-hydrogen) atoms. The highest BCUT2D eigenvalue weighted by atomic mass is 19.4. The van der Waals surface area contributed by atoms with Gasteiger partial charge < -0.3 is 24.4 Å². The van der Waals surface area contributed by atoms with E-state index in [0.29, 0.717) is 49.9 Å². The summed E-state index contributed by atoms with van der Waals surface area (Å²) in [6.07, 6.45) is -3.99. The molecule has 0 saturated carbocycles. The van der Waals surface area contributed by atoms with Crippen molar-refractivity contribution in [3.8, 4) is 11.5 Å². The fourth-order valence-electron chi connectivity index (χ4n) is 3.40. The number of morpholine rings is 1. The predicted octanol–water partition coefficient (Wildman–Crippen LogP) is 4.13. The first-order valence-corrected chi connectivity index (χ1v) is 9.86. The minimum Gasteiger partial charge on any atom is -0.493 e. The van der Waals surface area contributed by atoms with Gasteiger partial charge in [-0.25, -0.2) is 0 Å². The Morgan fingerprint density at radius 2 is 1.77 bits per heavy atom. The van der Waals surface area contributed by atoms with Crippen LogP contribution in [-0.4, -0.2) is 46.4 Å². The number of methoxy groups -OCH3 is 2. The molecule has 0 radical (unpaired) electrons. The lowest BCUT2D eigenvalue weighted by Gasteiger charge is -2.31. The Balaban J connectivity index is 1.74. The van der Waals surface area contributed by atoms with Gasteiger partial charge in [-0.15, -0.1) is 0 Å². The number of halogens is 3. The van der Waals surface area contributed by atoms with Crippen LogP contribution in [0.1, 0.15) is 17.5 Å². The Labute approximate surface area is 178 Å². The molecule has 1 fully saturated rings. The number of alkyl halides is 3. The summed E-state index contributed by atoms with van der Waals surface area (Å²) in [5, 5.41) is 2.66. The fraction of sp³-hybridized carbons (Fsp3) is 0.409. The van der Waals surface area contributed by atoms with Crippen molar-refractivity contribution in [1.82, 2.24) is 0 Å². The summed E-state index contributed by atoms with van der Waals surface area (Å²) in [4.78, 5) is 14.5. The van der Waals surface area contributed by atoms with Gasteiger partial charge in [0.1, 0.15) is 0 Å². The van der Waals surface area contributed by atoms with Crippen LogP contribution < -0.4 is 19.7 Å². The minimum atomic E-state index is -4.50. The van der Waals surface area contributed by atoms with Crippen molar-refractivity contribution in [3.05, 3.63) is 47.5 Å². The number of anilines is 2. The molecule has 168 valence electrons. The van der Waals surface area contributed by atoms with Crippen LogP contribution in [0.2, 0.25) is 0 Å². The molecule has 1 saturated heterocycles. The summed E-state index contributed by atoms with van der Waals surface area (Å²) in [5.74, 6) is 0.756. The molecular weight excluding hydrogens is 413 g/mol. The average Bonchev–Trinajstić information content (AvgIpc) is 2.77. The molecule has 9 heteroatoms. The first-order valence-electron chi connectivity index (χ1n) is 9.86. The van der Waals surface area contributed by atoms with E-state index < -0.39 is 11.7 Å². The molecule has 1 amide bonds. The van der Waals surface area contributed by atoms with Gasteiger partial charge in [0, 0.05) is 19.5 Å². The second-order valence-electron chi connectivity index (χ2n) is 7.07. The van der Waals surface area contributed by atoms with Gasteiger partial charge >= 0.3 is 6.18 Å². The first-order chi connectivity index (χ1) is 14.8. The Morgan fingerprint density at radius 1 is 1.06 bits per heavy atom. The van der Waals surface area contributed by atoms with Gasteiger partial charge in [0.15, 0.2) is 11.5 Å². The summed E-state index contributed by atoms with van der Waals surface area (Å²) < 4.78 is 55.4. The quantitative estimate of drug-likeness (QED) is 0.705. The topological polar surface area (TPSA) is 60.0 Å². The lowest BCUT2D eigenvalue weighted by molar-refractivity contribution is -0.137. The molecule has 6 nitrogen and oxygen atoms in total. The van der Waals surface area contributed by atoms with Crippen molar-refractivity contribution in [3.63, 3.8) is 0 Å². The van der Waals surface area contributed by atoms with Gasteiger partial charge in [0.05, 0.1) is 44.4 Å². The van der Waals surface area contributed by atoms with Crippen molar-refractivity contribution in [1.29, 1.82) is 0 Å². The Bertz CT molecular complexity index is 912. The Kier molecular flexibility index (Phi) is 7.27. The largest absolute Gasteiger partial charge is 0.493 e. The monoisotopic (exact) mass is 438 g/mol. The van der Waals surface area contributed by atoms with Crippen LogP contribution in [0.3, 0.4) is 0 Å². The van der Waals surface area contributed by atoms with E-state index in [1.807, 2.05) is 11.0 Å². The molecule has 2 aromatic rings. The van der Waals surface area contributed by atoms with Crippen molar-refractivity contribution >= 4 is 17.3 Å². The van der Waals surface area contributed by atoms with Crippen molar-refractivity contribution < 1.29 is 32.2 Å². The molecule has 0 aromatic heterocycles. The van der Waals surface area contributed by atoms with Crippen LogP contribution in [-0.2, 0) is 22.1 Å². The number of rotatable bonds is 7. The van der Waals surface area contributed by atoms with Crippen molar-refractivity contribution in [2.24, 2.45) is 0 Å². The standard InChI is InChI=1S/C22H25F3N2O4/c1-29-19-7-3-15(13-20(19)30-2)4-8-21(28)26-17-14-16(22(23,24)25)5-6-18(17)27-9-11-31-12-10-27/h3,5-7,13-14H,4,8-12H2,1-2H3,(H,26,28). The van der Waals surface area contributed by atoms with Crippen LogP contribution in [0, 0.1) is 0 Å². The van der Waals surface area contributed by atoms with E-state index in [4.69, 9.17) is 14.2 Å². The second-order valence-corrected chi connectivity index (χ2v) is 7.07. The highest BCUT2D eigenvalue weighted by Crippen LogP contribution is 2.36. The van der Waals surface area contributed by atoms with E-state index in [1.165, 1.54) is 20.3 Å². The molecule has 1 aliphatic rings. The maximum atomic E-state index is 13.2. The normalized spacial score (nSPS) is 14.3. The van der Waals surface area contributed by atoms with E-state index in [1.54, 1.807) is 12.1 Å². The number of benzene rings is 2. The number of nitrogens with zero attached hydrogens (tertiary/aromatic N) is 1. The highest BCUT2D eigenvalue weighted by Gasteiger charge is 2.32. The van der Waals surface area contributed by atoms with Gasteiger partial charge in [0.2, 0.25) is 5.91 Å². The summed E-state index contributed by atoms with van der Waals surface area (Å²) >= 11 is 0. The molecular formula is C22H25F3N2O4. The zero-order chi connectivity index (χ0) is 22.4. The van der Waals surface area contributed by atoms with E-state index in [9.17, 15) is 18.0 Å². The molecule has 0 atom stereocenters. The molecule has 0 aliphatic carbocycles. The van der Waals surface area contributed by atoms with Gasteiger partial charge in [-0.05, 0) is 42.3 Å². The average molecular weight is 438 g/mol. The third kappa shape index (κ3) is 5.81. The molecule has 1 aliphatic heterocycles. The van der Waals surface area contributed by atoms with Gasteiger partial charge in [-0.2, -0.15) is 13.2 Å². The zero-order valence-corrected chi connectivity index (χ0v) is 17.4. The number of nitrogens with one attached hydrogen (secondary N) is 1. The smallest absolute Gasteiger partial charge is 0.416 e. The van der Waals surface area contributed by atoms with Crippen LogP contribution in [0.25, 0.3) is 0 Å². The summed E-state index contributed by atoms with van der Waals surface area (Å²) in [6, 6.07) is 8.75. The van der Waals surface area contributed by atoms with Crippen molar-refractivity contribution in [2.75, 3.05) is 50.7 Å². The molecule has 2 aromatic carbocycles. The molecule has 1 heterocycles. The Morgan fingerprint density at radius 3 is 2.42 bits per heavy atom. The van der Waals surface area contributed by atoms with E-state index >= 15 is 0 Å². The van der Waals surface area contributed by atoms with Crippen molar-refractivity contribution in [2.45, 2.75) is 19.0 Å². The maximum absolute atomic E-state index is 13.2. The molecule has 0 spiro atoms. The lowest BCUT2D eigenvalue weighted by atomic mass is 10.1. The van der Waals surface area contributed by atoms with Gasteiger partial charge in [0.25, 0.3) is 0 Å². The van der Waals surface area contributed by atoms with E-state index in [0.717, 1.165) is 17.7 Å². The van der Waals surface area contributed by atoms with Crippen LogP contribution in [0.4, 0.5) is 24.5 Å².